The number of hydrogen-bond acceptors (Lipinski definition) is 5. The fourth-order valence-corrected chi connectivity index (χ4v) is 2.06. The van der Waals surface area contributed by atoms with Gasteiger partial charge in [-0.1, -0.05) is 0 Å². The Bertz CT molecular complexity index is 757. The van der Waals surface area contributed by atoms with E-state index in [1.54, 1.807) is 0 Å². The van der Waals surface area contributed by atoms with Crippen LogP contribution in [0.4, 0.5) is 4.39 Å². The summed E-state index contributed by atoms with van der Waals surface area (Å²) in [5, 5.41) is 19.4. The molecule has 5 atom stereocenters. The van der Waals surface area contributed by atoms with E-state index in [1.165, 1.54) is 13.8 Å². The molecule has 0 saturated carbocycles. The van der Waals surface area contributed by atoms with Crippen molar-refractivity contribution in [1.82, 2.24) is 9.55 Å². The van der Waals surface area contributed by atoms with Gasteiger partial charge in [-0.25, -0.2) is 9.18 Å². The second-order valence-corrected chi connectivity index (χ2v) is 4.73. The van der Waals surface area contributed by atoms with Crippen LogP contribution >= 0.6 is 0 Å². The van der Waals surface area contributed by atoms with Crippen molar-refractivity contribution < 1.29 is 23.5 Å². The van der Waals surface area contributed by atoms with Crippen LogP contribution in [0.25, 0.3) is 0 Å². The van der Waals surface area contributed by atoms with E-state index < -0.39 is 41.9 Å². The summed E-state index contributed by atoms with van der Waals surface area (Å²) in [6, 6.07) is 0. The highest BCUT2D eigenvalue weighted by Crippen LogP contribution is 2.40. The minimum Gasteiger partial charge on any atom is -0.394 e. The van der Waals surface area contributed by atoms with Gasteiger partial charge in [-0.2, -0.15) is 0 Å². The molecular formula is C12H17FN2O5. The zero-order valence-electron chi connectivity index (χ0n) is 14.1. The maximum absolute atomic E-state index is 15.1. The average molecular weight is 291 g/mol. The largest absolute Gasteiger partial charge is 0.394 e. The van der Waals surface area contributed by atoms with Crippen molar-refractivity contribution in [1.29, 1.82) is 0 Å². The predicted molar refractivity (Wildman–Crippen MR) is 67.3 cm³/mol. The number of halogens is 1. The Morgan fingerprint density at radius 3 is 2.70 bits per heavy atom. The third-order valence-corrected chi connectivity index (χ3v) is 3.43. The molecule has 3 N–H and O–H groups in total. The van der Waals surface area contributed by atoms with E-state index in [0.29, 0.717) is 4.57 Å². The number of nitrogens with zero attached hydrogens (tertiary/aromatic N) is 1. The van der Waals surface area contributed by atoms with Crippen molar-refractivity contribution in [3.05, 3.63) is 32.1 Å². The Labute approximate surface area is 117 Å². The van der Waals surface area contributed by atoms with E-state index in [4.69, 9.17) is 8.85 Å². The molecule has 2 rings (SSSR count). The third kappa shape index (κ3) is 2.00. The third-order valence-electron chi connectivity index (χ3n) is 3.43. The Hall–Kier alpha value is -1.51. The zero-order valence-corrected chi connectivity index (χ0v) is 11.1. The first-order valence-electron chi connectivity index (χ1n) is 7.38. The van der Waals surface area contributed by atoms with Gasteiger partial charge in [0, 0.05) is 11.3 Å². The predicted octanol–water partition coefficient (Wildman–Crippen LogP) is -0.868. The molecule has 7 nitrogen and oxygen atoms in total. The summed E-state index contributed by atoms with van der Waals surface area (Å²) in [7, 11) is 0. The number of aliphatic hydroxyl groups excluding tert-OH is 1. The van der Waals surface area contributed by atoms with E-state index in [1.807, 2.05) is 4.98 Å². The molecule has 1 unspecified atom stereocenters. The SMILES string of the molecule is [2H]C(O)[C@@]1([2H])O[C@@H](n2c(C)c(C)c(=O)[nH]c2=O)[C@](C)(F)[C@]1([2H])O. The zero-order chi connectivity index (χ0) is 18.0. The minimum atomic E-state index is -3.35. The molecule has 1 fully saturated rings. The van der Waals surface area contributed by atoms with Gasteiger partial charge < -0.3 is 14.9 Å². The van der Waals surface area contributed by atoms with E-state index in [9.17, 15) is 19.8 Å². The number of hydrogen-bond donors (Lipinski definition) is 3. The number of ether oxygens (including phenoxy) is 1. The van der Waals surface area contributed by atoms with Crippen molar-refractivity contribution in [2.75, 3.05) is 6.58 Å². The standard InChI is InChI=1S/C12H17FN2O5/c1-5-6(2)15(11(19)14-9(5)18)10-12(3,13)8(17)7(4-16)20-10/h7-8,10,16-17H,4H2,1-3H3,(H,14,18,19)/t7-,8-,10-,12-/m1/s1/i4D,7D,8D/t4?,7-,8-,10-,12-. The van der Waals surface area contributed by atoms with Gasteiger partial charge in [0.1, 0.15) is 12.2 Å². The molecule has 0 radical (unpaired) electrons. The highest BCUT2D eigenvalue weighted by atomic mass is 19.1. The Morgan fingerprint density at radius 1 is 1.60 bits per heavy atom. The van der Waals surface area contributed by atoms with Crippen LogP contribution in [-0.2, 0) is 4.74 Å². The van der Waals surface area contributed by atoms with Crippen LogP contribution in [0.15, 0.2) is 9.59 Å². The van der Waals surface area contributed by atoms with Crippen molar-refractivity contribution in [2.24, 2.45) is 0 Å². The van der Waals surface area contributed by atoms with Gasteiger partial charge in [0.05, 0.1) is 10.7 Å². The van der Waals surface area contributed by atoms with Gasteiger partial charge in [-0.3, -0.25) is 14.3 Å². The average Bonchev–Trinajstić information content (AvgIpc) is 2.55. The first-order chi connectivity index (χ1) is 10.3. The van der Waals surface area contributed by atoms with Crippen molar-refractivity contribution in [3.63, 3.8) is 0 Å². The lowest BCUT2D eigenvalue weighted by Gasteiger charge is -2.26. The normalized spacial score (nSPS) is 44.7. The van der Waals surface area contributed by atoms with Gasteiger partial charge in [-0.05, 0) is 20.8 Å². The van der Waals surface area contributed by atoms with Crippen LogP contribution in [0, 0.1) is 13.8 Å². The fraction of sp³-hybridized carbons (Fsp3) is 0.667. The summed E-state index contributed by atoms with van der Waals surface area (Å²) in [6.45, 7) is 0.949. The van der Waals surface area contributed by atoms with Crippen molar-refractivity contribution in [2.45, 2.75) is 44.8 Å². The molecule has 0 spiro atoms. The number of aliphatic hydroxyl groups is 2. The topological polar surface area (TPSA) is 105 Å². The van der Waals surface area contributed by atoms with E-state index >= 15 is 4.39 Å². The number of aromatic nitrogens is 2. The molecule has 1 saturated heterocycles. The first kappa shape index (κ1) is 11.2. The summed E-state index contributed by atoms with van der Waals surface area (Å²) in [5.41, 5.74) is -4.71. The van der Waals surface area contributed by atoms with Gasteiger partial charge in [0.25, 0.3) is 5.56 Å². The van der Waals surface area contributed by atoms with E-state index in [-0.39, 0.29) is 11.3 Å². The van der Waals surface area contributed by atoms with E-state index in [0.717, 1.165) is 6.92 Å². The van der Waals surface area contributed by atoms with Crippen molar-refractivity contribution >= 4 is 0 Å². The molecule has 112 valence electrons. The molecule has 1 aliphatic heterocycles. The number of alkyl halides is 1. The molecule has 1 aliphatic rings. The summed E-state index contributed by atoms with van der Waals surface area (Å²) >= 11 is 0. The van der Waals surface area contributed by atoms with Gasteiger partial charge >= 0.3 is 5.69 Å². The van der Waals surface area contributed by atoms with Gasteiger partial charge in [0.15, 0.2) is 11.9 Å². The monoisotopic (exact) mass is 291 g/mol. The molecule has 0 amide bonds. The Morgan fingerprint density at radius 2 is 2.20 bits per heavy atom. The lowest BCUT2D eigenvalue weighted by molar-refractivity contribution is -0.0622. The highest BCUT2D eigenvalue weighted by molar-refractivity contribution is 5.16. The number of aromatic amines is 1. The summed E-state index contributed by atoms with van der Waals surface area (Å²) in [6.07, 6.45) is -8.40. The molecule has 1 aromatic rings. The minimum absolute atomic E-state index is 0.00662. The lowest BCUT2D eigenvalue weighted by atomic mass is 9.98. The molecule has 1 aromatic heterocycles. The Kier molecular flexibility index (Phi) is 2.68. The van der Waals surface area contributed by atoms with Gasteiger partial charge in [-0.15, -0.1) is 0 Å². The molecule has 20 heavy (non-hydrogen) atoms. The van der Waals surface area contributed by atoms with Crippen LogP contribution in [0.5, 0.6) is 0 Å². The van der Waals surface area contributed by atoms with Crippen LogP contribution in [0.1, 0.15) is 28.5 Å². The molecule has 0 bridgehead atoms. The fourth-order valence-electron chi connectivity index (χ4n) is 2.06. The highest BCUT2D eigenvalue weighted by Gasteiger charge is 2.55. The maximum Gasteiger partial charge on any atom is 0.330 e. The second kappa shape index (κ2) is 4.80. The van der Waals surface area contributed by atoms with Crippen LogP contribution in [0.2, 0.25) is 0 Å². The summed E-state index contributed by atoms with van der Waals surface area (Å²) in [4.78, 5) is 25.5. The summed E-state index contributed by atoms with van der Waals surface area (Å²) in [5.74, 6) is 0. The maximum atomic E-state index is 15.1. The van der Waals surface area contributed by atoms with Crippen LogP contribution in [-0.4, -0.2) is 44.2 Å². The Balaban J connectivity index is 2.75. The van der Waals surface area contributed by atoms with Gasteiger partial charge in [0.2, 0.25) is 0 Å². The molecule has 0 aromatic carbocycles. The molecule has 2 heterocycles. The number of nitrogens with one attached hydrogen (secondary N) is 1. The van der Waals surface area contributed by atoms with Crippen LogP contribution < -0.4 is 11.2 Å². The quantitative estimate of drug-likeness (QED) is 0.657. The molecule has 0 aliphatic carbocycles. The van der Waals surface area contributed by atoms with Crippen molar-refractivity contribution in [3.8, 4) is 0 Å². The smallest absolute Gasteiger partial charge is 0.330 e. The number of rotatable bonds is 2. The number of H-pyrrole nitrogens is 1. The molecular weight excluding hydrogens is 271 g/mol. The molecule has 8 heteroatoms. The van der Waals surface area contributed by atoms with Crippen LogP contribution in [0.3, 0.4) is 0 Å². The lowest BCUT2D eigenvalue weighted by Crippen LogP contribution is -2.45. The first-order valence-corrected chi connectivity index (χ1v) is 5.80. The van der Waals surface area contributed by atoms with E-state index in [2.05, 4.69) is 0 Å². The summed E-state index contributed by atoms with van der Waals surface area (Å²) < 4.78 is 43.3. The second-order valence-electron chi connectivity index (χ2n) is 4.73.